The number of benzene rings is 1. The molecule has 84 valence electrons. The van der Waals surface area contributed by atoms with Crippen LogP contribution in [0, 0.1) is 0 Å². The fourth-order valence-corrected chi connectivity index (χ4v) is 1.68. The number of carbonyl (C=O) groups is 1. The van der Waals surface area contributed by atoms with Crippen molar-refractivity contribution in [2.45, 2.75) is 25.0 Å². The first-order valence-electron chi connectivity index (χ1n) is 5.36. The molecule has 2 rings (SSSR count). The molecule has 0 unspecified atom stereocenters. The third kappa shape index (κ3) is 2.49. The Morgan fingerprint density at radius 3 is 2.56 bits per heavy atom. The average molecular weight is 218 g/mol. The number of ether oxygens (including phenoxy) is 1. The lowest BCUT2D eigenvalue weighted by Crippen LogP contribution is -2.32. The van der Waals surface area contributed by atoms with E-state index in [1.165, 1.54) is 0 Å². The molecule has 16 heavy (non-hydrogen) atoms. The minimum absolute atomic E-state index is 0.375. The van der Waals surface area contributed by atoms with Crippen molar-refractivity contribution in [2.24, 2.45) is 0 Å². The summed E-state index contributed by atoms with van der Waals surface area (Å²) < 4.78 is 5.25. The van der Waals surface area contributed by atoms with E-state index in [1.807, 2.05) is 18.2 Å². The van der Waals surface area contributed by atoms with Gasteiger partial charge < -0.3 is 9.84 Å². The van der Waals surface area contributed by atoms with Gasteiger partial charge in [-0.05, 0) is 18.6 Å². The number of carbonyl (C=O) groups excluding carboxylic acids is 1. The Morgan fingerprint density at radius 1 is 1.19 bits per heavy atom. The average Bonchev–Trinajstić information content (AvgIpc) is 2.33. The largest absolute Gasteiger partial charge is 0.456 e. The number of esters is 1. The topological polar surface area (TPSA) is 46.5 Å². The predicted molar refractivity (Wildman–Crippen MR) is 60.0 cm³/mol. The van der Waals surface area contributed by atoms with E-state index in [9.17, 15) is 9.90 Å². The summed E-state index contributed by atoms with van der Waals surface area (Å²) in [7, 11) is 0. The lowest BCUT2D eigenvalue weighted by atomic mass is 10.0. The SMILES string of the molecule is O=C(O[C@@H]1CC=CC[C@H]1O)c1ccccc1. The molecular formula is C13H14O3. The van der Waals surface area contributed by atoms with Crippen LogP contribution < -0.4 is 0 Å². The molecule has 0 radical (unpaired) electrons. The van der Waals surface area contributed by atoms with E-state index in [1.54, 1.807) is 24.3 Å². The first-order chi connectivity index (χ1) is 7.77. The Kier molecular flexibility index (Phi) is 3.37. The van der Waals surface area contributed by atoms with E-state index in [-0.39, 0.29) is 5.97 Å². The van der Waals surface area contributed by atoms with Gasteiger partial charge in [-0.25, -0.2) is 4.79 Å². The molecule has 1 aliphatic rings. The maximum absolute atomic E-state index is 11.7. The summed E-state index contributed by atoms with van der Waals surface area (Å²) in [6.45, 7) is 0. The molecule has 3 nitrogen and oxygen atoms in total. The molecule has 2 atom stereocenters. The maximum atomic E-state index is 11.7. The molecule has 0 saturated heterocycles. The molecule has 0 bridgehead atoms. The van der Waals surface area contributed by atoms with Crippen LogP contribution in [0.5, 0.6) is 0 Å². The smallest absolute Gasteiger partial charge is 0.338 e. The molecule has 3 heteroatoms. The van der Waals surface area contributed by atoms with Gasteiger partial charge in [0, 0.05) is 6.42 Å². The van der Waals surface area contributed by atoms with Crippen molar-refractivity contribution in [3.05, 3.63) is 48.0 Å². The van der Waals surface area contributed by atoms with Crippen LogP contribution in [0.25, 0.3) is 0 Å². The fourth-order valence-electron chi connectivity index (χ4n) is 1.68. The molecule has 0 aromatic heterocycles. The second-order valence-corrected chi connectivity index (χ2v) is 3.82. The number of aliphatic hydroxyl groups excluding tert-OH is 1. The normalized spacial score (nSPS) is 24.1. The lowest BCUT2D eigenvalue weighted by Gasteiger charge is -2.23. The van der Waals surface area contributed by atoms with Crippen molar-refractivity contribution in [1.29, 1.82) is 0 Å². The van der Waals surface area contributed by atoms with Gasteiger partial charge in [0.15, 0.2) is 0 Å². The summed E-state index contributed by atoms with van der Waals surface area (Å²) in [4.78, 5) is 11.7. The van der Waals surface area contributed by atoms with Gasteiger partial charge in [-0.1, -0.05) is 30.4 Å². The molecule has 0 fully saturated rings. The van der Waals surface area contributed by atoms with Crippen molar-refractivity contribution in [3.63, 3.8) is 0 Å². The van der Waals surface area contributed by atoms with Crippen LogP contribution in [0.4, 0.5) is 0 Å². The minimum atomic E-state index is -0.585. The van der Waals surface area contributed by atoms with Gasteiger partial charge in [-0.15, -0.1) is 0 Å². The zero-order valence-electron chi connectivity index (χ0n) is 8.87. The summed E-state index contributed by atoms with van der Waals surface area (Å²) in [5.74, 6) is -0.375. The van der Waals surface area contributed by atoms with Gasteiger partial charge in [0.25, 0.3) is 0 Å². The molecule has 0 heterocycles. The standard InChI is InChI=1S/C13H14O3/c14-11-8-4-5-9-12(11)16-13(15)10-6-2-1-3-7-10/h1-7,11-12,14H,8-9H2/t11-,12-/m1/s1. The van der Waals surface area contributed by atoms with Crippen LogP contribution in [0.3, 0.4) is 0 Å². The molecule has 0 saturated carbocycles. The Morgan fingerprint density at radius 2 is 1.88 bits per heavy atom. The molecule has 1 N–H and O–H groups in total. The fraction of sp³-hybridized carbons (Fsp3) is 0.308. The van der Waals surface area contributed by atoms with Gasteiger partial charge in [-0.2, -0.15) is 0 Å². The van der Waals surface area contributed by atoms with Crippen molar-refractivity contribution in [1.82, 2.24) is 0 Å². The Bertz CT molecular complexity index is 383. The van der Waals surface area contributed by atoms with Crippen LogP contribution in [-0.2, 0) is 4.74 Å². The Hall–Kier alpha value is -1.61. The molecule has 0 aliphatic heterocycles. The number of rotatable bonds is 2. The van der Waals surface area contributed by atoms with E-state index < -0.39 is 12.2 Å². The Balaban J connectivity index is 2.00. The van der Waals surface area contributed by atoms with Crippen molar-refractivity contribution < 1.29 is 14.6 Å². The maximum Gasteiger partial charge on any atom is 0.338 e. The van der Waals surface area contributed by atoms with Crippen LogP contribution in [-0.4, -0.2) is 23.3 Å². The number of hydrogen-bond donors (Lipinski definition) is 1. The highest BCUT2D eigenvalue weighted by atomic mass is 16.6. The van der Waals surface area contributed by atoms with Crippen molar-refractivity contribution in [2.75, 3.05) is 0 Å². The summed E-state index contributed by atoms with van der Waals surface area (Å²) in [5, 5.41) is 9.64. The second kappa shape index (κ2) is 4.94. The highest BCUT2D eigenvalue weighted by Gasteiger charge is 2.24. The number of aliphatic hydroxyl groups is 1. The van der Waals surface area contributed by atoms with Crippen LogP contribution in [0.2, 0.25) is 0 Å². The minimum Gasteiger partial charge on any atom is -0.456 e. The third-order valence-electron chi connectivity index (χ3n) is 2.61. The zero-order valence-corrected chi connectivity index (χ0v) is 8.87. The molecular weight excluding hydrogens is 204 g/mol. The zero-order chi connectivity index (χ0) is 11.4. The monoisotopic (exact) mass is 218 g/mol. The summed E-state index contributed by atoms with van der Waals surface area (Å²) >= 11 is 0. The van der Waals surface area contributed by atoms with Crippen LogP contribution in [0.15, 0.2) is 42.5 Å². The van der Waals surface area contributed by atoms with Crippen LogP contribution in [0.1, 0.15) is 23.2 Å². The van der Waals surface area contributed by atoms with Crippen molar-refractivity contribution in [3.8, 4) is 0 Å². The van der Waals surface area contributed by atoms with Gasteiger partial charge in [0.1, 0.15) is 6.10 Å². The predicted octanol–water partition coefficient (Wildman–Crippen LogP) is 1.92. The quantitative estimate of drug-likeness (QED) is 0.609. The first-order valence-corrected chi connectivity index (χ1v) is 5.36. The molecule has 1 aliphatic carbocycles. The molecule has 0 spiro atoms. The van der Waals surface area contributed by atoms with E-state index in [0.29, 0.717) is 18.4 Å². The molecule has 1 aromatic rings. The first kappa shape index (κ1) is 10.9. The highest BCUT2D eigenvalue weighted by Crippen LogP contribution is 2.17. The van der Waals surface area contributed by atoms with Gasteiger partial charge in [-0.3, -0.25) is 0 Å². The third-order valence-corrected chi connectivity index (χ3v) is 2.61. The summed E-state index contributed by atoms with van der Waals surface area (Å²) in [6, 6.07) is 8.82. The van der Waals surface area contributed by atoms with E-state index >= 15 is 0 Å². The Labute approximate surface area is 94.4 Å². The highest BCUT2D eigenvalue weighted by molar-refractivity contribution is 5.89. The van der Waals surface area contributed by atoms with E-state index in [2.05, 4.69) is 0 Å². The van der Waals surface area contributed by atoms with E-state index in [4.69, 9.17) is 4.74 Å². The van der Waals surface area contributed by atoms with Gasteiger partial charge in [0.05, 0.1) is 11.7 Å². The van der Waals surface area contributed by atoms with Crippen molar-refractivity contribution >= 4 is 5.97 Å². The van der Waals surface area contributed by atoms with E-state index in [0.717, 1.165) is 0 Å². The summed E-state index contributed by atoms with van der Waals surface area (Å²) in [5.41, 5.74) is 0.518. The van der Waals surface area contributed by atoms with Gasteiger partial charge >= 0.3 is 5.97 Å². The molecule has 1 aromatic carbocycles. The second-order valence-electron chi connectivity index (χ2n) is 3.82. The number of hydrogen-bond acceptors (Lipinski definition) is 3. The van der Waals surface area contributed by atoms with Crippen LogP contribution >= 0.6 is 0 Å². The molecule has 0 amide bonds. The lowest BCUT2D eigenvalue weighted by molar-refractivity contribution is -0.0185. The van der Waals surface area contributed by atoms with Gasteiger partial charge in [0.2, 0.25) is 0 Å². The summed E-state index contributed by atoms with van der Waals surface area (Å²) in [6.07, 6.45) is 3.95.